The molecule has 0 amide bonds. The van der Waals surface area contributed by atoms with Crippen LogP contribution in [0.15, 0.2) is 5.38 Å². The standard InChI is InChI=1S/C12H19F3N2OS/c1-5-11(6-2,18-4)9-17-8(7-19-9)10(3,16)12(13,14)15/h7H,5-6,16H2,1-4H3. The molecule has 0 saturated heterocycles. The highest BCUT2D eigenvalue weighted by Crippen LogP contribution is 2.40. The number of nitrogens with two attached hydrogens (primary N) is 1. The first kappa shape index (κ1) is 16.4. The Morgan fingerprint density at radius 3 is 2.21 bits per heavy atom. The molecule has 1 aromatic heterocycles. The molecule has 110 valence electrons. The van der Waals surface area contributed by atoms with Crippen LogP contribution in [-0.2, 0) is 15.9 Å². The summed E-state index contributed by atoms with van der Waals surface area (Å²) in [7, 11) is 1.54. The molecule has 1 rings (SSSR count). The summed E-state index contributed by atoms with van der Waals surface area (Å²) < 4.78 is 44.1. The van der Waals surface area contributed by atoms with E-state index in [9.17, 15) is 13.2 Å². The van der Waals surface area contributed by atoms with Crippen LogP contribution in [0, 0.1) is 0 Å². The Balaban J connectivity index is 3.20. The fraction of sp³-hybridized carbons (Fsp3) is 0.750. The van der Waals surface area contributed by atoms with Gasteiger partial charge in [-0.2, -0.15) is 13.2 Å². The molecule has 0 radical (unpaired) electrons. The molecule has 7 heteroatoms. The van der Waals surface area contributed by atoms with E-state index < -0.39 is 17.3 Å². The zero-order valence-corrected chi connectivity index (χ0v) is 12.3. The van der Waals surface area contributed by atoms with Crippen molar-refractivity contribution >= 4 is 11.3 Å². The highest BCUT2D eigenvalue weighted by Gasteiger charge is 2.51. The molecule has 0 fully saturated rings. The maximum atomic E-state index is 12.9. The fourth-order valence-electron chi connectivity index (χ4n) is 1.80. The first-order valence-corrected chi connectivity index (χ1v) is 6.89. The molecule has 0 aromatic carbocycles. The average molecular weight is 296 g/mol. The van der Waals surface area contributed by atoms with Crippen LogP contribution in [0.3, 0.4) is 0 Å². The quantitative estimate of drug-likeness (QED) is 0.904. The minimum Gasteiger partial charge on any atom is -0.371 e. The van der Waals surface area contributed by atoms with Gasteiger partial charge in [0, 0.05) is 12.5 Å². The zero-order valence-electron chi connectivity index (χ0n) is 11.5. The second kappa shape index (κ2) is 5.38. The topological polar surface area (TPSA) is 48.1 Å². The molecule has 1 aromatic rings. The maximum Gasteiger partial charge on any atom is 0.411 e. The lowest BCUT2D eigenvalue weighted by atomic mass is 9.97. The molecule has 0 saturated carbocycles. The monoisotopic (exact) mass is 296 g/mol. The molecule has 0 bridgehead atoms. The van der Waals surface area contributed by atoms with Gasteiger partial charge in [-0.3, -0.25) is 0 Å². The molecule has 19 heavy (non-hydrogen) atoms. The Labute approximate surface area is 115 Å². The smallest absolute Gasteiger partial charge is 0.371 e. The molecule has 0 aliphatic rings. The largest absolute Gasteiger partial charge is 0.411 e. The Morgan fingerprint density at radius 2 is 1.84 bits per heavy atom. The van der Waals surface area contributed by atoms with Crippen LogP contribution < -0.4 is 5.73 Å². The van der Waals surface area contributed by atoms with Gasteiger partial charge in [-0.15, -0.1) is 11.3 Å². The van der Waals surface area contributed by atoms with Gasteiger partial charge in [0.1, 0.15) is 10.6 Å². The maximum absolute atomic E-state index is 12.9. The van der Waals surface area contributed by atoms with Crippen molar-refractivity contribution in [3.8, 4) is 0 Å². The summed E-state index contributed by atoms with van der Waals surface area (Å²) in [6.45, 7) is 4.76. The Hall–Kier alpha value is -0.660. The highest BCUT2D eigenvalue weighted by atomic mass is 32.1. The normalized spacial score (nSPS) is 16.4. The van der Waals surface area contributed by atoms with Crippen LogP contribution in [0.4, 0.5) is 13.2 Å². The minimum absolute atomic E-state index is 0.164. The Morgan fingerprint density at radius 1 is 1.32 bits per heavy atom. The predicted molar refractivity (Wildman–Crippen MR) is 69.0 cm³/mol. The van der Waals surface area contributed by atoms with Gasteiger partial charge in [-0.05, 0) is 19.8 Å². The average Bonchev–Trinajstić information content (AvgIpc) is 2.81. The van der Waals surface area contributed by atoms with Crippen molar-refractivity contribution in [2.45, 2.75) is 50.9 Å². The summed E-state index contributed by atoms with van der Waals surface area (Å²) in [5, 5.41) is 1.90. The van der Waals surface area contributed by atoms with Crippen molar-refractivity contribution in [3.05, 3.63) is 16.1 Å². The third-order valence-corrected chi connectivity index (χ3v) is 4.58. The van der Waals surface area contributed by atoms with Gasteiger partial charge in [0.15, 0.2) is 5.54 Å². The molecule has 0 spiro atoms. The molecular formula is C12H19F3N2OS. The number of ether oxygens (including phenoxy) is 1. The Bertz CT molecular complexity index is 400. The molecule has 0 aliphatic heterocycles. The minimum atomic E-state index is -4.54. The van der Waals surface area contributed by atoms with Crippen LogP contribution >= 0.6 is 11.3 Å². The van der Waals surface area contributed by atoms with Crippen molar-refractivity contribution in [2.24, 2.45) is 5.73 Å². The van der Waals surface area contributed by atoms with E-state index in [1.54, 1.807) is 7.11 Å². The van der Waals surface area contributed by atoms with Gasteiger partial charge in [-0.1, -0.05) is 13.8 Å². The van der Waals surface area contributed by atoms with Crippen LogP contribution in [0.1, 0.15) is 44.3 Å². The molecule has 3 nitrogen and oxygen atoms in total. The van der Waals surface area contributed by atoms with Crippen molar-refractivity contribution in [3.63, 3.8) is 0 Å². The van der Waals surface area contributed by atoms with Crippen molar-refractivity contribution in [1.82, 2.24) is 4.98 Å². The van der Waals surface area contributed by atoms with Gasteiger partial charge < -0.3 is 10.5 Å². The van der Waals surface area contributed by atoms with E-state index in [-0.39, 0.29) is 5.69 Å². The first-order valence-electron chi connectivity index (χ1n) is 6.02. The number of alkyl halides is 3. The van der Waals surface area contributed by atoms with Crippen LogP contribution in [0.25, 0.3) is 0 Å². The van der Waals surface area contributed by atoms with E-state index in [0.717, 1.165) is 18.3 Å². The van der Waals surface area contributed by atoms with Gasteiger partial charge in [0.25, 0.3) is 0 Å². The Kier molecular flexibility index (Phi) is 4.64. The summed E-state index contributed by atoms with van der Waals surface area (Å²) in [6.07, 6.45) is -3.26. The first-order chi connectivity index (χ1) is 8.64. The van der Waals surface area contributed by atoms with E-state index in [2.05, 4.69) is 4.98 Å². The van der Waals surface area contributed by atoms with E-state index in [1.165, 1.54) is 5.38 Å². The molecule has 0 aliphatic carbocycles. The van der Waals surface area contributed by atoms with E-state index in [0.29, 0.717) is 17.8 Å². The second-order valence-corrected chi connectivity index (χ2v) is 5.50. The number of rotatable bonds is 5. The summed E-state index contributed by atoms with van der Waals surface area (Å²) in [5.74, 6) is 0. The van der Waals surface area contributed by atoms with Crippen molar-refractivity contribution in [1.29, 1.82) is 0 Å². The third-order valence-electron chi connectivity index (χ3n) is 3.55. The van der Waals surface area contributed by atoms with Gasteiger partial charge in [-0.25, -0.2) is 4.98 Å². The number of hydrogen-bond acceptors (Lipinski definition) is 4. The van der Waals surface area contributed by atoms with E-state index >= 15 is 0 Å². The van der Waals surface area contributed by atoms with E-state index in [4.69, 9.17) is 10.5 Å². The van der Waals surface area contributed by atoms with Crippen LogP contribution in [0.5, 0.6) is 0 Å². The number of aromatic nitrogens is 1. The third kappa shape index (κ3) is 2.78. The molecule has 1 unspecified atom stereocenters. The summed E-state index contributed by atoms with van der Waals surface area (Å²) in [4.78, 5) is 4.08. The fourth-order valence-corrected chi connectivity index (χ4v) is 3.05. The second-order valence-electron chi connectivity index (χ2n) is 4.64. The lowest BCUT2D eigenvalue weighted by molar-refractivity contribution is -0.185. The summed E-state index contributed by atoms with van der Waals surface area (Å²) in [5.41, 5.74) is 2.13. The van der Waals surface area contributed by atoms with Gasteiger partial charge >= 0.3 is 6.18 Å². The van der Waals surface area contributed by atoms with Crippen LogP contribution in [-0.4, -0.2) is 18.3 Å². The molecular weight excluding hydrogens is 277 g/mol. The number of methoxy groups -OCH3 is 1. The van der Waals surface area contributed by atoms with Gasteiger partial charge in [0.05, 0.1) is 5.69 Å². The highest BCUT2D eigenvalue weighted by molar-refractivity contribution is 7.09. The number of nitrogens with zero attached hydrogens (tertiary/aromatic N) is 1. The number of hydrogen-bond donors (Lipinski definition) is 1. The lowest BCUT2D eigenvalue weighted by Gasteiger charge is -2.28. The SMILES string of the molecule is CCC(CC)(OC)c1nc(C(C)(N)C(F)(F)F)cs1. The van der Waals surface area contributed by atoms with Crippen LogP contribution in [0.2, 0.25) is 0 Å². The lowest BCUT2D eigenvalue weighted by Crippen LogP contribution is -2.48. The molecule has 1 atom stereocenters. The zero-order chi connectivity index (χ0) is 14.9. The van der Waals surface area contributed by atoms with Crippen molar-refractivity contribution < 1.29 is 17.9 Å². The summed E-state index contributed by atoms with van der Waals surface area (Å²) >= 11 is 1.16. The predicted octanol–water partition coefficient (Wildman–Crippen LogP) is 3.54. The molecule has 2 N–H and O–H groups in total. The number of thiazole rings is 1. The molecule has 1 heterocycles. The van der Waals surface area contributed by atoms with Crippen molar-refractivity contribution in [2.75, 3.05) is 7.11 Å². The summed E-state index contributed by atoms with van der Waals surface area (Å²) in [6, 6.07) is 0. The van der Waals surface area contributed by atoms with E-state index in [1.807, 2.05) is 13.8 Å². The van der Waals surface area contributed by atoms with Gasteiger partial charge in [0.2, 0.25) is 0 Å². The number of halogens is 3.